The number of aryl methyl sites for hydroxylation is 1. The Bertz CT molecular complexity index is 470. The van der Waals surface area contributed by atoms with Crippen LogP contribution < -0.4 is 9.80 Å². The first-order chi connectivity index (χ1) is 9.75. The smallest absolute Gasteiger partial charge is 0.227 e. The zero-order valence-corrected chi connectivity index (χ0v) is 13.5. The van der Waals surface area contributed by atoms with Crippen LogP contribution >= 0.6 is 15.9 Å². The van der Waals surface area contributed by atoms with Gasteiger partial charge in [0.1, 0.15) is 5.82 Å². The molecule has 2 aliphatic heterocycles. The van der Waals surface area contributed by atoms with Gasteiger partial charge in [-0.25, -0.2) is 4.98 Å². The summed E-state index contributed by atoms with van der Waals surface area (Å²) in [6.45, 7) is 7.51. The van der Waals surface area contributed by atoms with Crippen LogP contribution in [0.4, 0.5) is 11.8 Å². The lowest BCUT2D eigenvalue weighted by atomic mass is 10.1. The highest BCUT2D eigenvalue weighted by Gasteiger charge is 2.21. The molecule has 0 aromatic carbocycles. The molecule has 1 aromatic heterocycles. The lowest BCUT2D eigenvalue weighted by molar-refractivity contribution is 0.122. The second kappa shape index (κ2) is 6.26. The first-order valence-corrected chi connectivity index (χ1v) is 8.17. The number of piperidine rings is 1. The third kappa shape index (κ3) is 2.91. The molecule has 0 spiro atoms. The average Bonchev–Trinajstić information content (AvgIpc) is 2.51. The number of halogens is 1. The zero-order chi connectivity index (χ0) is 13.9. The lowest BCUT2D eigenvalue weighted by Crippen LogP contribution is -2.38. The first kappa shape index (κ1) is 14.1. The fourth-order valence-electron chi connectivity index (χ4n) is 2.75. The Balaban J connectivity index is 1.89. The summed E-state index contributed by atoms with van der Waals surface area (Å²) >= 11 is 3.66. The monoisotopic (exact) mass is 340 g/mol. The van der Waals surface area contributed by atoms with Gasteiger partial charge in [0.05, 0.1) is 23.4 Å². The molecule has 2 fully saturated rings. The van der Waals surface area contributed by atoms with Crippen molar-refractivity contribution in [2.75, 3.05) is 49.2 Å². The number of ether oxygens (including phenoxy) is 1. The molecule has 5 nitrogen and oxygen atoms in total. The number of hydrogen-bond donors (Lipinski definition) is 0. The molecular formula is C14H21BrN4O. The van der Waals surface area contributed by atoms with E-state index in [1.807, 2.05) is 6.92 Å². The summed E-state index contributed by atoms with van der Waals surface area (Å²) < 4.78 is 6.44. The highest BCUT2D eigenvalue weighted by Crippen LogP contribution is 2.30. The van der Waals surface area contributed by atoms with E-state index in [-0.39, 0.29) is 0 Å². The van der Waals surface area contributed by atoms with Gasteiger partial charge in [-0.05, 0) is 42.1 Å². The maximum Gasteiger partial charge on any atom is 0.227 e. The van der Waals surface area contributed by atoms with Crippen molar-refractivity contribution in [2.24, 2.45) is 0 Å². The van der Waals surface area contributed by atoms with Crippen LogP contribution in [-0.2, 0) is 4.74 Å². The summed E-state index contributed by atoms with van der Waals surface area (Å²) in [5.74, 6) is 1.90. The Labute approximate surface area is 128 Å². The number of rotatable bonds is 2. The molecule has 110 valence electrons. The van der Waals surface area contributed by atoms with Crippen LogP contribution in [0.15, 0.2) is 4.47 Å². The van der Waals surface area contributed by atoms with Crippen LogP contribution in [0.1, 0.15) is 25.0 Å². The molecule has 1 aromatic rings. The van der Waals surface area contributed by atoms with Gasteiger partial charge in [0.2, 0.25) is 5.95 Å². The molecule has 3 heterocycles. The summed E-state index contributed by atoms with van der Waals surface area (Å²) in [5, 5.41) is 0. The highest BCUT2D eigenvalue weighted by molar-refractivity contribution is 9.10. The van der Waals surface area contributed by atoms with Gasteiger partial charge in [0, 0.05) is 26.2 Å². The SMILES string of the molecule is Cc1nc(N2CCOCC2)nc(N2CCCCC2)c1Br. The molecule has 0 N–H and O–H groups in total. The molecule has 0 bridgehead atoms. The van der Waals surface area contributed by atoms with Crippen LogP contribution in [0.5, 0.6) is 0 Å². The Morgan fingerprint density at radius 1 is 0.950 bits per heavy atom. The molecule has 0 atom stereocenters. The summed E-state index contributed by atoms with van der Waals surface area (Å²) in [5.41, 5.74) is 1.02. The van der Waals surface area contributed by atoms with Gasteiger partial charge >= 0.3 is 0 Å². The van der Waals surface area contributed by atoms with E-state index in [2.05, 4.69) is 30.7 Å². The van der Waals surface area contributed by atoms with Crippen molar-refractivity contribution in [3.8, 4) is 0 Å². The normalized spacial score (nSPS) is 20.3. The number of anilines is 2. The van der Waals surface area contributed by atoms with Crippen molar-refractivity contribution in [1.29, 1.82) is 0 Å². The molecule has 20 heavy (non-hydrogen) atoms. The van der Waals surface area contributed by atoms with Crippen molar-refractivity contribution >= 4 is 27.7 Å². The van der Waals surface area contributed by atoms with Crippen LogP contribution in [-0.4, -0.2) is 49.4 Å². The van der Waals surface area contributed by atoms with Crippen molar-refractivity contribution in [3.63, 3.8) is 0 Å². The van der Waals surface area contributed by atoms with Gasteiger partial charge in [-0.2, -0.15) is 4.98 Å². The minimum absolute atomic E-state index is 0.761. The Kier molecular flexibility index (Phi) is 4.41. The van der Waals surface area contributed by atoms with Crippen LogP contribution in [0.3, 0.4) is 0 Å². The summed E-state index contributed by atoms with van der Waals surface area (Å²) in [6, 6.07) is 0. The second-order valence-corrected chi connectivity index (χ2v) is 6.19. The Morgan fingerprint density at radius 3 is 2.35 bits per heavy atom. The van der Waals surface area contributed by atoms with Crippen LogP contribution in [0.2, 0.25) is 0 Å². The second-order valence-electron chi connectivity index (χ2n) is 5.39. The maximum absolute atomic E-state index is 5.40. The predicted octanol–water partition coefficient (Wildman–Crippen LogP) is 2.37. The number of hydrogen-bond acceptors (Lipinski definition) is 5. The zero-order valence-electron chi connectivity index (χ0n) is 11.9. The van der Waals surface area contributed by atoms with Crippen molar-refractivity contribution < 1.29 is 4.74 Å². The van der Waals surface area contributed by atoms with Gasteiger partial charge in [0.15, 0.2) is 0 Å². The Morgan fingerprint density at radius 2 is 1.65 bits per heavy atom. The molecule has 3 rings (SSSR count). The van der Waals surface area contributed by atoms with Gasteiger partial charge in [-0.15, -0.1) is 0 Å². The van der Waals surface area contributed by atoms with E-state index < -0.39 is 0 Å². The van der Waals surface area contributed by atoms with E-state index in [1.54, 1.807) is 0 Å². The van der Waals surface area contributed by atoms with E-state index in [1.165, 1.54) is 19.3 Å². The van der Waals surface area contributed by atoms with E-state index in [9.17, 15) is 0 Å². The van der Waals surface area contributed by atoms with Crippen molar-refractivity contribution in [2.45, 2.75) is 26.2 Å². The van der Waals surface area contributed by atoms with E-state index in [0.717, 1.165) is 61.3 Å². The highest BCUT2D eigenvalue weighted by atomic mass is 79.9. The average molecular weight is 341 g/mol. The molecular weight excluding hydrogens is 320 g/mol. The number of nitrogens with zero attached hydrogens (tertiary/aromatic N) is 4. The predicted molar refractivity (Wildman–Crippen MR) is 83.6 cm³/mol. The minimum Gasteiger partial charge on any atom is -0.378 e. The third-order valence-corrected chi connectivity index (χ3v) is 4.87. The van der Waals surface area contributed by atoms with E-state index >= 15 is 0 Å². The van der Waals surface area contributed by atoms with Crippen LogP contribution in [0.25, 0.3) is 0 Å². The third-order valence-electron chi connectivity index (χ3n) is 3.94. The number of aromatic nitrogens is 2. The summed E-state index contributed by atoms with van der Waals surface area (Å²) in [7, 11) is 0. The molecule has 0 radical (unpaired) electrons. The largest absolute Gasteiger partial charge is 0.378 e. The first-order valence-electron chi connectivity index (χ1n) is 7.37. The molecule has 0 aliphatic carbocycles. The van der Waals surface area contributed by atoms with Crippen LogP contribution in [0, 0.1) is 6.92 Å². The molecule has 6 heteroatoms. The fraction of sp³-hybridized carbons (Fsp3) is 0.714. The van der Waals surface area contributed by atoms with E-state index in [0.29, 0.717) is 0 Å². The standard InChI is InChI=1S/C14H21BrN4O/c1-11-12(15)13(18-5-3-2-4-6-18)17-14(16-11)19-7-9-20-10-8-19/h2-10H2,1H3. The topological polar surface area (TPSA) is 41.5 Å². The van der Waals surface area contributed by atoms with Crippen molar-refractivity contribution in [3.05, 3.63) is 10.2 Å². The fourth-order valence-corrected chi connectivity index (χ4v) is 3.18. The summed E-state index contributed by atoms with van der Waals surface area (Å²) in [6.07, 6.45) is 3.83. The maximum atomic E-state index is 5.40. The van der Waals surface area contributed by atoms with Gasteiger partial charge in [0.25, 0.3) is 0 Å². The number of morpholine rings is 1. The van der Waals surface area contributed by atoms with Crippen molar-refractivity contribution in [1.82, 2.24) is 9.97 Å². The van der Waals surface area contributed by atoms with Gasteiger partial charge < -0.3 is 14.5 Å². The quantitative estimate of drug-likeness (QED) is 0.826. The van der Waals surface area contributed by atoms with E-state index in [4.69, 9.17) is 9.72 Å². The van der Waals surface area contributed by atoms with Gasteiger partial charge in [-0.3, -0.25) is 0 Å². The molecule has 2 saturated heterocycles. The molecule has 0 saturated carbocycles. The Hall–Kier alpha value is -0.880. The molecule has 0 unspecified atom stereocenters. The minimum atomic E-state index is 0.761. The lowest BCUT2D eigenvalue weighted by Gasteiger charge is -2.31. The summed E-state index contributed by atoms with van der Waals surface area (Å²) in [4.78, 5) is 14.1. The van der Waals surface area contributed by atoms with Gasteiger partial charge in [-0.1, -0.05) is 0 Å². The molecule has 2 aliphatic rings. The molecule has 0 amide bonds.